The van der Waals surface area contributed by atoms with E-state index in [1.54, 1.807) is 19.1 Å². The van der Waals surface area contributed by atoms with Crippen LogP contribution in [0.5, 0.6) is 0 Å². The monoisotopic (exact) mass is 551 g/mol. The van der Waals surface area contributed by atoms with E-state index >= 15 is 0 Å². The van der Waals surface area contributed by atoms with Gasteiger partial charge in [0.1, 0.15) is 12.6 Å². The first kappa shape index (κ1) is 27.9. The minimum Gasteiger partial charge on any atom is -0.354 e. The van der Waals surface area contributed by atoms with Crippen molar-refractivity contribution < 1.29 is 18.0 Å². The molecule has 0 bridgehead atoms. The van der Waals surface area contributed by atoms with Crippen LogP contribution in [0, 0.1) is 5.92 Å². The van der Waals surface area contributed by atoms with Gasteiger partial charge in [-0.15, -0.1) is 0 Å². The van der Waals surface area contributed by atoms with Crippen molar-refractivity contribution in [3.8, 4) is 0 Å². The summed E-state index contributed by atoms with van der Waals surface area (Å²) < 4.78 is 27.1. The van der Waals surface area contributed by atoms with Crippen molar-refractivity contribution in [3.63, 3.8) is 0 Å². The van der Waals surface area contributed by atoms with Crippen LogP contribution in [0.2, 0.25) is 0 Å². The molecule has 34 heavy (non-hydrogen) atoms. The predicted molar refractivity (Wildman–Crippen MR) is 140 cm³/mol. The number of aryl methyl sites for hydroxylation is 1. The molecule has 9 heteroatoms. The number of hydrogen-bond donors (Lipinski definition) is 1. The van der Waals surface area contributed by atoms with Gasteiger partial charge in [-0.2, -0.15) is 0 Å². The smallest absolute Gasteiger partial charge is 0.244 e. The molecule has 1 unspecified atom stereocenters. The highest BCUT2D eigenvalue weighted by Gasteiger charge is 2.30. The van der Waals surface area contributed by atoms with E-state index in [2.05, 4.69) is 21.2 Å². The van der Waals surface area contributed by atoms with Gasteiger partial charge in [0.05, 0.1) is 11.9 Å². The van der Waals surface area contributed by atoms with E-state index in [1.165, 1.54) is 4.90 Å². The second kappa shape index (κ2) is 12.4. The number of nitrogens with one attached hydrogen (secondary N) is 1. The summed E-state index contributed by atoms with van der Waals surface area (Å²) in [4.78, 5) is 27.8. The van der Waals surface area contributed by atoms with Crippen LogP contribution < -0.4 is 9.62 Å². The third kappa shape index (κ3) is 8.13. The van der Waals surface area contributed by atoms with Crippen molar-refractivity contribution in [2.45, 2.75) is 46.7 Å². The number of hydrogen-bond acceptors (Lipinski definition) is 4. The normalized spacial score (nSPS) is 12.3. The fourth-order valence-corrected chi connectivity index (χ4v) is 4.67. The van der Waals surface area contributed by atoms with Crippen LogP contribution in [0.4, 0.5) is 5.69 Å². The van der Waals surface area contributed by atoms with Gasteiger partial charge in [0.2, 0.25) is 21.8 Å². The number of anilines is 1. The number of sulfonamides is 1. The highest BCUT2D eigenvalue weighted by atomic mass is 79.9. The van der Waals surface area contributed by atoms with Gasteiger partial charge in [0.25, 0.3) is 0 Å². The fourth-order valence-electron chi connectivity index (χ4n) is 3.38. The predicted octanol–water partition coefficient (Wildman–Crippen LogP) is 3.97. The van der Waals surface area contributed by atoms with Crippen LogP contribution in [0.15, 0.2) is 53.0 Å². The molecule has 0 aliphatic heterocycles. The third-order valence-electron chi connectivity index (χ3n) is 5.41. The summed E-state index contributed by atoms with van der Waals surface area (Å²) >= 11 is 3.43. The molecule has 2 rings (SSSR count). The van der Waals surface area contributed by atoms with Gasteiger partial charge in [-0.3, -0.25) is 13.9 Å². The topological polar surface area (TPSA) is 86.8 Å². The number of carbonyl (C=O) groups is 2. The Hall–Kier alpha value is -2.39. The van der Waals surface area contributed by atoms with E-state index in [9.17, 15) is 18.0 Å². The molecule has 0 aliphatic rings. The summed E-state index contributed by atoms with van der Waals surface area (Å²) in [5, 5.41) is 2.87. The molecule has 0 spiro atoms. The average molecular weight is 553 g/mol. The minimum absolute atomic E-state index is 0.168. The van der Waals surface area contributed by atoms with E-state index in [0.29, 0.717) is 12.2 Å². The van der Waals surface area contributed by atoms with Crippen LogP contribution in [0.1, 0.15) is 38.8 Å². The lowest BCUT2D eigenvalue weighted by Gasteiger charge is -2.31. The van der Waals surface area contributed by atoms with Gasteiger partial charge in [0, 0.05) is 17.6 Å². The maximum Gasteiger partial charge on any atom is 0.244 e. The lowest BCUT2D eigenvalue weighted by Crippen LogP contribution is -2.51. The molecule has 2 aromatic carbocycles. The Balaban J connectivity index is 2.35. The highest BCUT2D eigenvalue weighted by Crippen LogP contribution is 2.21. The number of halogens is 1. The van der Waals surface area contributed by atoms with E-state index < -0.39 is 28.5 Å². The second-order valence-electron chi connectivity index (χ2n) is 8.76. The first-order valence-electron chi connectivity index (χ1n) is 11.3. The molecule has 2 amide bonds. The molecule has 186 valence electrons. The molecule has 1 N–H and O–H groups in total. The molecule has 7 nitrogen and oxygen atoms in total. The number of rotatable bonds is 11. The Morgan fingerprint density at radius 1 is 1.03 bits per heavy atom. The average Bonchev–Trinajstić information content (AvgIpc) is 2.78. The van der Waals surface area contributed by atoms with Crippen LogP contribution in [-0.4, -0.2) is 50.5 Å². The van der Waals surface area contributed by atoms with Gasteiger partial charge < -0.3 is 10.2 Å². The van der Waals surface area contributed by atoms with Gasteiger partial charge in [-0.1, -0.05) is 61.0 Å². The zero-order valence-electron chi connectivity index (χ0n) is 20.4. The lowest BCUT2D eigenvalue weighted by atomic mass is 10.1. The molecule has 0 fully saturated rings. The Bertz CT molecular complexity index is 1090. The fraction of sp³-hybridized carbons (Fsp3) is 0.440. The Labute approximate surface area is 211 Å². The summed E-state index contributed by atoms with van der Waals surface area (Å²) in [7, 11) is -3.74. The molecule has 0 saturated heterocycles. The van der Waals surface area contributed by atoms with E-state index in [4.69, 9.17) is 0 Å². The van der Waals surface area contributed by atoms with Gasteiger partial charge in [0.15, 0.2) is 0 Å². The van der Waals surface area contributed by atoms with Crippen molar-refractivity contribution >= 4 is 43.5 Å². The number of amides is 2. The Morgan fingerprint density at radius 2 is 1.68 bits per heavy atom. The Morgan fingerprint density at radius 3 is 2.21 bits per heavy atom. The zero-order valence-corrected chi connectivity index (χ0v) is 22.8. The van der Waals surface area contributed by atoms with Gasteiger partial charge in [-0.05, 0) is 54.7 Å². The van der Waals surface area contributed by atoms with Crippen molar-refractivity contribution in [1.29, 1.82) is 0 Å². The molecule has 0 radical (unpaired) electrons. The van der Waals surface area contributed by atoms with E-state index in [0.717, 1.165) is 32.6 Å². The van der Waals surface area contributed by atoms with Gasteiger partial charge in [-0.25, -0.2) is 8.42 Å². The minimum atomic E-state index is -3.74. The summed E-state index contributed by atoms with van der Waals surface area (Å²) in [5.74, 6) is -0.482. The maximum atomic E-state index is 13.5. The molecule has 0 saturated carbocycles. The van der Waals surface area contributed by atoms with Crippen LogP contribution >= 0.6 is 15.9 Å². The first-order chi connectivity index (χ1) is 15.9. The Kier molecular flexibility index (Phi) is 10.1. The summed E-state index contributed by atoms with van der Waals surface area (Å²) in [6, 6.07) is 13.8. The van der Waals surface area contributed by atoms with Gasteiger partial charge >= 0.3 is 0 Å². The maximum absolute atomic E-state index is 13.5. The molecule has 1 atom stereocenters. The first-order valence-corrected chi connectivity index (χ1v) is 13.9. The van der Waals surface area contributed by atoms with Crippen molar-refractivity contribution in [2.24, 2.45) is 5.92 Å². The summed E-state index contributed by atoms with van der Waals surface area (Å²) in [5.41, 5.74) is 2.30. The summed E-state index contributed by atoms with van der Waals surface area (Å²) in [6.07, 6.45) is 1.90. The van der Waals surface area contributed by atoms with Crippen LogP contribution in [0.3, 0.4) is 0 Å². The van der Waals surface area contributed by atoms with Crippen molar-refractivity contribution in [3.05, 3.63) is 64.1 Å². The number of benzene rings is 2. The van der Waals surface area contributed by atoms with E-state index in [-0.39, 0.29) is 18.4 Å². The molecule has 0 aromatic heterocycles. The summed E-state index contributed by atoms with van der Waals surface area (Å²) in [6.45, 7) is 7.90. The zero-order chi connectivity index (χ0) is 25.5. The SMILES string of the molecule is CCc1ccc(N(CC(=O)N(Cc2cccc(Br)c2)C(C)C(=O)NCC(C)C)S(C)(=O)=O)cc1. The number of carbonyl (C=O) groups excluding carboxylic acids is 2. The molecular formula is C25H34BrN3O4S. The standard InChI is InChI=1S/C25H34BrN3O4S/c1-6-20-10-12-23(13-11-20)29(34(5,32)33)17-24(30)28(16-21-8-7-9-22(26)14-21)19(4)25(31)27-15-18(2)3/h7-14,18-19H,6,15-17H2,1-5H3,(H,27,31). The molecule has 0 aliphatic carbocycles. The number of nitrogens with zero attached hydrogens (tertiary/aromatic N) is 2. The van der Waals surface area contributed by atoms with Crippen LogP contribution in [0.25, 0.3) is 0 Å². The largest absolute Gasteiger partial charge is 0.354 e. The molecule has 0 heterocycles. The highest BCUT2D eigenvalue weighted by molar-refractivity contribution is 9.10. The second-order valence-corrected chi connectivity index (χ2v) is 11.6. The van der Waals surface area contributed by atoms with Crippen molar-refractivity contribution in [1.82, 2.24) is 10.2 Å². The lowest BCUT2D eigenvalue weighted by molar-refractivity contribution is -0.139. The van der Waals surface area contributed by atoms with Crippen LogP contribution in [-0.2, 0) is 32.6 Å². The molecular weight excluding hydrogens is 518 g/mol. The molecule has 2 aromatic rings. The van der Waals surface area contributed by atoms with Crippen molar-refractivity contribution in [2.75, 3.05) is 23.7 Å². The van der Waals surface area contributed by atoms with E-state index in [1.807, 2.05) is 57.2 Å². The quantitative estimate of drug-likeness (QED) is 0.457. The third-order valence-corrected chi connectivity index (χ3v) is 7.04.